The molecule has 1 aromatic carbocycles. The highest BCUT2D eigenvalue weighted by atomic mass is 35.5. The first kappa shape index (κ1) is 13.6. The predicted octanol–water partition coefficient (Wildman–Crippen LogP) is 4.27. The minimum Gasteiger partial charge on any atom is -0.307 e. The summed E-state index contributed by atoms with van der Waals surface area (Å²) in [6, 6.07) is 7.77. The summed E-state index contributed by atoms with van der Waals surface area (Å²) >= 11 is 6.30. The van der Waals surface area contributed by atoms with Gasteiger partial charge in [0.25, 0.3) is 0 Å². The molecule has 0 heterocycles. The Morgan fingerprint density at radius 3 is 2.29 bits per heavy atom. The third-order valence-electron chi connectivity index (χ3n) is 5.87. The Hall–Kier alpha value is -1.04. The van der Waals surface area contributed by atoms with Crippen molar-refractivity contribution in [1.29, 1.82) is 5.26 Å². The monoisotopic (exact) mass is 300 g/mol. The maximum absolute atomic E-state index is 8.91. The first-order chi connectivity index (χ1) is 10.2. The molecule has 4 saturated carbocycles. The van der Waals surface area contributed by atoms with Crippen LogP contribution in [0.5, 0.6) is 0 Å². The molecule has 0 spiro atoms. The normalized spacial score (nSPS) is 36.7. The molecule has 5 rings (SSSR count). The van der Waals surface area contributed by atoms with Crippen molar-refractivity contribution in [3.63, 3.8) is 0 Å². The van der Waals surface area contributed by atoms with Crippen LogP contribution in [0.2, 0.25) is 5.02 Å². The molecule has 2 nitrogen and oxygen atoms in total. The minimum atomic E-state index is 0.367. The third kappa shape index (κ3) is 2.47. The summed E-state index contributed by atoms with van der Waals surface area (Å²) in [4.78, 5) is 0. The number of nitrogens with zero attached hydrogens (tertiary/aromatic N) is 1. The molecule has 1 aromatic rings. The van der Waals surface area contributed by atoms with E-state index in [2.05, 4.69) is 11.4 Å². The number of benzene rings is 1. The van der Waals surface area contributed by atoms with E-state index in [1.165, 1.54) is 38.5 Å². The molecule has 0 aliphatic heterocycles. The summed E-state index contributed by atoms with van der Waals surface area (Å²) in [5.74, 6) is 2.88. The van der Waals surface area contributed by atoms with Crippen LogP contribution in [-0.2, 0) is 6.54 Å². The molecular formula is C18H21ClN2. The molecule has 0 saturated heterocycles. The van der Waals surface area contributed by atoms with Crippen LogP contribution in [0, 0.1) is 29.1 Å². The Morgan fingerprint density at radius 1 is 1.14 bits per heavy atom. The molecule has 4 bridgehead atoms. The second-order valence-corrected chi connectivity index (χ2v) is 7.88. The summed E-state index contributed by atoms with van der Waals surface area (Å²) in [5.41, 5.74) is 2.12. The maximum Gasteiger partial charge on any atom is 0.0992 e. The van der Waals surface area contributed by atoms with Crippen LogP contribution in [0.1, 0.15) is 49.7 Å². The highest BCUT2D eigenvalue weighted by molar-refractivity contribution is 6.31. The fourth-order valence-electron chi connectivity index (χ4n) is 5.37. The lowest BCUT2D eigenvalue weighted by Crippen LogP contribution is -2.58. The van der Waals surface area contributed by atoms with Gasteiger partial charge < -0.3 is 5.32 Å². The largest absolute Gasteiger partial charge is 0.307 e. The molecule has 4 aliphatic carbocycles. The molecule has 4 aliphatic rings. The lowest BCUT2D eigenvalue weighted by atomic mass is 9.53. The smallest absolute Gasteiger partial charge is 0.0992 e. The van der Waals surface area contributed by atoms with Gasteiger partial charge in [-0.2, -0.15) is 5.26 Å². The summed E-state index contributed by atoms with van der Waals surface area (Å²) in [6.45, 7) is 0.830. The fourth-order valence-corrected chi connectivity index (χ4v) is 5.62. The van der Waals surface area contributed by atoms with E-state index in [0.29, 0.717) is 16.1 Å². The van der Waals surface area contributed by atoms with Crippen LogP contribution in [0.3, 0.4) is 0 Å². The van der Waals surface area contributed by atoms with Gasteiger partial charge in [-0.1, -0.05) is 17.7 Å². The van der Waals surface area contributed by atoms with Gasteiger partial charge >= 0.3 is 0 Å². The number of nitriles is 1. The van der Waals surface area contributed by atoms with E-state index in [1.807, 2.05) is 12.1 Å². The quantitative estimate of drug-likeness (QED) is 0.905. The highest BCUT2D eigenvalue weighted by Gasteiger charge is 2.50. The van der Waals surface area contributed by atoms with Crippen molar-refractivity contribution in [1.82, 2.24) is 5.32 Å². The summed E-state index contributed by atoms with van der Waals surface area (Å²) in [7, 11) is 0. The average molecular weight is 301 g/mol. The van der Waals surface area contributed by atoms with E-state index >= 15 is 0 Å². The second-order valence-electron chi connectivity index (χ2n) is 7.47. The van der Waals surface area contributed by atoms with Crippen LogP contribution in [0.15, 0.2) is 18.2 Å². The van der Waals surface area contributed by atoms with Crippen LogP contribution in [0.4, 0.5) is 0 Å². The molecule has 110 valence electrons. The van der Waals surface area contributed by atoms with Crippen molar-refractivity contribution in [3.05, 3.63) is 34.3 Å². The van der Waals surface area contributed by atoms with Gasteiger partial charge in [-0.25, -0.2) is 0 Å². The number of rotatable bonds is 3. The van der Waals surface area contributed by atoms with Gasteiger partial charge in [0.15, 0.2) is 0 Å². The summed E-state index contributed by atoms with van der Waals surface area (Å²) < 4.78 is 0. The van der Waals surface area contributed by atoms with E-state index in [0.717, 1.165) is 29.9 Å². The van der Waals surface area contributed by atoms with E-state index in [-0.39, 0.29) is 0 Å². The Bertz CT molecular complexity index is 566. The molecular weight excluding hydrogens is 280 g/mol. The number of halogens is 1. The van der Waals surface area contributed by atoms with Crippen LogP contribution >= 0.6 is 11.6 Å². The van der Waals surface area contributed by atoms with Gasteiger partial charge in [0.2, 0.25) is 0 Å². The van der Waals surface area contributed by atoms with Crippen molar-refractivity contribution in [2.45, 2.75) is 50.6 Å². The van der Waals surface area contributed by atoms with Crippen molar-refractivity contribution >= 4 is 11.6 Å². The predicted molar refractivity (Wildman–Crippen MR) is 83.9 cm³/mol. The molecule has 0 aromatic heterocycles. The van der Waals surface area contributed by atoms with E-state index in [9.17, 15) is 0 Å². The molecule has 0 radical (unpaired) electrons. The van der Waals surface area contributed by atoms with Gasteiger partial charge in [-0.05, 0) is 74.0 Å². The third-order valence-corrected chi connectivity index (χ3v) is 6.23. The standard InChI is InChI=1S/C18H21ClN2/c19-17-6-12(10-20)1-2-16(17)11-21-18-7-13-3-14(8-18)5-15(4-13)9-18/h1-2,6,13-15,21H,3-5,7-9,11H2. The Labute approximate surface area is 131 Å². The first-order valence-corrected chi connectivity index (χ1v) is 8.47. The van der Waals surface area contributed by atoms with Gasteiger partial charge in [0.05, 0.1) is 11.6 Å². The lowest BCUT2D eigenvalue weighted by Gasteiger charge is -2.57. The van der Waals surface area contributed by atoms with Crippen molar-refractivity contribution < 1.29 is 0 Å². The number of hydrogen-bond donors (Lipinski definition) is 1. The average Bonchev–Trinajstić information content (AvgIpc) is 2.44. The van der Waals surface area contributed by atoms with Crippen molar-refractivity contribution in [3.8, 4) is 6.07 Å². The van der Waals surface area contributed by atoms with Crippen LogP contribution in [-0.4, -0.2) is 5.54 Å². The van der Waals surface area contributed by atoms with E-state index in [1.54, 1.807) is 6.07 Å². The zero-order chi connectivity index (χ0) is 14.4. The Kier molecular flexibility index (Phi) is 3.24. The zero-order valence-corrected chi connectivity index (χ0v) is 13.0. The van der Waals surface area contributed by atoms with Crippen LogP contribution < -0.4 is 5.32 Å². The number of nitrogens with one attached hydrogen (secondary N) is 1. The zero-order valence-electron chi connectivity index (χ0n) is 12.2. The molecule has 3 heteroatoms. The fraction of sp³-hybridized carbons (Fsp3) is 0.611. The minimum absolute atomic E-state index is 0.367. The van der Waals surface area contributed by atoms with Gasteiger partial charge in [0, 0.05) is 17.1 Å². The van der Waals surface area contributed by atoms with Crippen LogP contribution in [0.25, 0.3) is 0 Å². The molecule has 0 unspecified atom stereocenters. The number of hydrogen-bond acceptors (Lipinski definition) is 2. The van der Waals surface area contributed by atoms with E-state index in [4.69, 9.17) is 16.9 Å². The Balaban J connectivity index is 1.48. The maximum atomic E-state index is 8.91. The highest BCUT2D eigenvalue weighted by Crippen LogP contribution is 2.55. The molecule has 1 N–H and O–H groups in total. The van der Waals surface area contributed by atoms with Crippen molar-refractivity contribution in [2.75, 3.05) is 0 Å². The molecule has 0 amide bonds. The summed E-state index contributed by atoms with van der Waals surface area (Å²) in [5, 5.41) is 13.5. The molecule has 0 atom stereocenters. The van der Waals surface area contributed by atoms with E-state index < -0.39 is 0 Å². The molecule has 21 heavy (non-hydrogen) atoms. The van der Waals surface area contributed by atoms with Gasteiger partial charge in [0.1, 0.15) is 0 Å². The van der Waals surface area contributed by atoms with Gasteiger partial charge in [-0.15, -0.1) is 0 Å². The second kappa shape index (κ2) is 5.00. The Morgan fingerprint density at radius 2 is 1.76 bits per heavy atom. The summed E-state index contributed by atoms with van der Waals surface area (Å²) in [6.07, 6.45) is 8.47. The van der Waals surface area contributed by atoms with Crippen molar-refractivity contribution in [2.24, 2.45) is 17.8 Å². The van der Waals surface area contributed by atoms with Gasteiger partial charge in [-0.3, -0.25) is 0 Å². The lowest BCUT2D eigenvalue weighted by molar-refractivity contribution is -0.0205. The SMILES string of the molecule is N#Cc1ccc(CNC23CC4CC(CC(C4)C2)C3)c(Cl)c1. The topological polar surface area (TPSA) is 35.8 Å². The first-order valence-electron chi connectivity index (χ1n) is 8.09. The molecule has 4 fully saturated rings.